The predicted molar refractivity (Wildman–Crippen MR) is 60.6 cm³/mol. The number of carboxylic acids is 1. The standard InChI is InChI=1S/C11H19F2NO4/c1-10(2,3)18-9(17)14-6(7(15)16)11(4,5)8(12)13/h6,8H,1-5H3,(H,14,17)(H,15,16). The van der Waals surface area contributed by atoms with Gasteiger partial charge in [-0.05, 0) is 20.8 Å². The molecule has 1 atom stereocenters. The topological polar surface area (TPSA) is 75.6 Å². The van der Waals surface area contributed by atoms with E-state index in [0.717, 1.165) is 13.8 Å². The fourth-order valence-electron chi connectivity index (χ4n) is 1.12. The predicted octanol–water partition coefficient (Wildman–Crippen LogP) is 2.26. The Balaban J connectivity index is 4.87. The fraction of sp³-hybridized carbons (Fsp3) is 0.818. The van der Waals surface area contributed by atoms with E-state index in [0.29, 0.717) is 0 Å². The molecule has 0 heterocycles. The van der Waals surface area contributed by atoms with Crippen LogP contribution in [0.3, 0.4) is 0 Å². The van der Waals surface area contributed by atoms with Crippen LogP contribution in [-0.4, -0.2) is 35.2 Å². The number of carbonyl (C=O) groups excluding carboxylic acids is 1. The molecule has 0 spiro atoms. The monoisotopic (exact) mass is 267 g/mol. The van der Waals surface area contributed by atoms with Gasteiger partial charge in [-0.2, -0.15) is 0 Å². The summed E-state index contributed by atoms with van der Waals surface area (Å²) in [6, 6.07) is -1.73. The molecule has 0 aliphatic heterocycles. The molecule has 0 bridgehead atoms. The molecule has 7 heteroatoms. The third-order valence-electron chi connectivity index (χ3n) is 2.21. The molecule has 0 aliphatic rings. The molecule has 1 amide bonds. The number of carbonyl (C=O) groups is 2. The number of amides is 1. The van der Waals surface area contributed by atoms with Crippen LogP contribution in [0.25, 0.3) is 0 Å². The van der Waals surface area contributed by atoms with Gasteiger partial charge in [-0.1, -0.05) is 13.8 Å². The second kappa shape index (κ2) is 5.49. The number of alkyl halides is 2. The van der Waals surface area contributed by atoms with Gasteiger partial charge in [-0.15, -0.1) is 0 Å². The van der Waals surface area contributed by atoms with Gasteiger partial charge in [0.15, 0.2) is 0 Å². The Kier molecular flexibility index (Phi) is 5.07. The summed E-state index contributed by atoms with van der Waals surface area (Å²) in [6.45, 7) is 6.88. The normalized spacial score (nSPS) is 14.2. The van der Waals surface area contributed by atoms with Crippen LogP contribution in [0.5, 0.6) is 0 Å². The van der Waals surface area contributed by atoms with Gasteiger partial charge in [0.05, 0.1) is 5.41 Å². The Morgan fingerprint density at radius 3 is 1.89 bits per heavy atom. The van der Waals surface area contributed by atoms with E-state index in [9.17, 15) is 18.4 Å². The zero-order valence-electron chi connectivity index (χ0n) is 11.1. The second-order valence-electron chi connectivity index (χ2n) is 5.54. The Morgan fingerprint density at radius 1 is 1.17 bits per heavy atom. The lowest BCUT2D eigenvalue weighted by molar-refractivity contribution is -0.146. The van der Waals surface area contributed by atoms with Crippen molar-refractivity contribution in [1.29, 1.82) is 0 Å². The van der Waals surface area contributed by atoms with Gasteiger partial charge in [-0.3, -0.25) is 0 Å². The average molecular weight is 267 g/mol. The van der Waals surface area contributed by atoms with Crippen LogP contribution < -0.4 is 5.32 Å². The number of hydrogen-bond donors (Lipinski definition) is 2. The van der Waals surface area contributed by atoms with E-state index in [1.165, 1.54) is 0 Å². The summed E-state index contributed by atoms with van der Waals surface area (Å²) in [5.74, 6) is -1.54. The molecule has 106 valence electrons. The van der Waals surface area contributed by atoms with Gasteiger partial charge in [-0.25, -0.2) is 18.4 Å². The minimum atomic E-state index is -2.89. The van der Waals surface area contributed by atoms with Gasteiger partial charge in [0.1, 0.15) is 11.6 Å². The van der Waals surface area contributed by atoms with Crippen molar-refractivity contribution in [3.8, 4) is 0 Å². The number of carboxylic acid groups (broad SMARTS) is 1. The molecule has 1 unspecified atom stereocenters. The first kappa shape index (κ1) is 16.6. The van der Waals surface area contributed by atoms with E-state index in [1.54, 1.807) is 20.8 Å². The highest BCUT2D eigenvalue weighted by Gasteiger charge is 2.44. The maximum atomic E-state index is 12.8. The van der Waals surface area contributed by atoms with Crippen molar-refractivity contribution in [2.75, 3.05) is 0 Å². The van der Waals surface area contributed by atoms with Crippen molar-refractivity contribution in [3.05, 3.63) is 0 Å². The number of hydrogen-bond acceptors (Lipinski definition) is 3. The van der Waals surface area contributed by atoms with Crippen molar-refractivity contribution in [2.24, 2.45) is 5.41 Å². The summed E-state index contributed by atoms with van der Waals surface area (Å²) in [5, 5.41) is 10.9. The molecule has 0 fully saturated rings. The SMILES string of the molecule is CC(C)(C)OC(=O)NC(C(=O)O)C(C)(C)C(F)F. The maximum Gasteiger partial charge on any atom is 0.408 e. The number of aliphatic carboxylic acids is 1. The third-order valence-corrected chi connectivity index (χ3v) is 2.21. The first-order valence-electron chi connectivity index (χ1n) is 5.38. The number of alkyl carbamates (subject to hydrolysis) is 1. The fourth-order valence-corrected chi connectivity index (χ4v) is 1.12. The second-order valence-corrected chi connectivity index (χ2v) is 5.54. The third kappa shape index (κ3) is 4.85. The molecular formula is C11H19F2NO4. The zero-order valence-corrected chi connectivity index (χ0v) is 11.1. The Bertz CT molecular complexity index is 323. The molecule has 0 aromatic heterocycles. The molecule has 18 heavy (non-hydrogen) atoms. The van der Waals surface area contributed by atoms with Crippen molar-refractivity contribution >= 4 is 12.1 Å². The number of rotatable bonds is 4. The maximum absolute atomic E-state index is 12.8. The summed E-state index contributed by atoms with van der Waals surface area (Å²) in [4.78, 5) is 22.3. The lowest BCUT2D eigenvalue weighted by Gasteiger charge is -2.31. The van der Waals surface area contributed by atoms with E-state index in [4.69, 9.17) is 9.84 Å². The van der Waals surface area contributed by atoms with Crippen LogP contribution in [0.4, 0.5) is 13.6 Å². The number of nitrogens with one attached hydrogen (secondary N) is 1. The summed E-state index contributed by atoms with van der Waals surface area (Å²) in [6.07, 6.45) is -3.93. The van der Waals surface area contributed by atoms with Gasteiger partial charge < -0.3 is 15.2 Å². The van der Waals surface area contributed by atoms with Crippen molar-refractivity contribution in [2.45, 2.75) is 52.7 Å². The van der Waals surface area contributed by atoms with Crippen LogP contribution in [0.15, 0.2) is 0 Å². The average Bonchev–Trinajstić information content (AvgIpc) is 2.10. The number of ether oxygens (including phenoxy) is 1. The van der Waals surface area contributed by atoms with Crippen LogP contribution in [0.1, 0.15) is 34.6 Å². The molecule has 0 saturated carbocycles. The molecule has 0 aromatic rings. The van der Waals surface area contributed by atoms with Gasteiger partial charge in [0, 0.05) is 0 Å². The molecule has 5 nitrogen and oxygen atoms in total. The quantitative estimate of drug-likeness (QED) is 0.819. The van der Waals surface area contributed by atoms with E-state index >= 15 is 0 Å². The lowest BCUT2D eigenvalue weighted by atomic mass is 9.85. The highest BCUT2D eigenvalue weighted by Crippen LogP contribution is 2.29. The van der Waals surface area contributed by atoms with Gasteiger partial charge in [0.2, 0.25) is 6.43 Å². The van der Waals surface area contributed by atoms with E-state index in [2.05, 4.69) is 0 Å². The molecule has 0 saturated heterocycles. The van der Waals surface area contributed by atoms with Crippen molar-refractivity contribution in [3.63, 3.8) is 0 Å². The summed E-state index contributed by atoms with van der Waals surface area (Å²) < 4.78 is 30.3. The highest BCUT2D eigenvalue weighted by molar-refractivity contribution is 5.80. The minimum absolute atomic E-state index is 0.831. The summed E-state index contributed by atoms with van der Waals surface area (Å²) >= 11 is 0. The molecule has 0 aliphatic carbocycles. The molecule has 0 aromatic carbocycles. The van der Waals surface area contributed by atoms with Crippen molar-refractivity contribution < 1.29 is 28.2 Å². The van der Waals surface area contributed by atoms with Gasteiger partial charge >= 0.3 is 12.1 Å². The molecule has 2 N–H and O–H groups in total. The first-order chi connectivity index (χ1) is 7.88. The Morgan fingerprint density at radius 2 is 1.61 bits per heavy atom. The van der Waals surface area contributed by atoms with E-state index in [1.807, 2.05) is 5.32 Å². The Labute approximate surface area is 105 Å². The largest absolute Gasteiger partial charge is 0.480 e. The van der Waals surface area contributed by atoms with E-state index in [-0.39, 0.29) is 0 Å². The Hall–Kier alpha value is -1.40. The van der Waals surface area contributed by atoms with E-state index < -0.39 is 35.5 Å². The van der Waals surface area contributed by atoms with Crippen LogP contribution in [0.2, 0.25) is 0 Å². The molecule has 0 radical (unpaired) electrons. The smallest absolute Gasteiger partial charge is 0.408 e. The molecular weight excluding hydrogens is 248 g/mol. The van der Waals surface area contributed by atoms with Gasteiger partial charge in [0.25, 0.3) is 0 Å². The first-order valence-corrected chi connectivity index (χ1v) is 5.38. The highest BCUT2D eigenvalue weighted by atomic mass is 19.3. The summed E-state index contributed by atoms with van der Waals surface area (Å²) in [5.41, 5.74) is -2.73. The van der Waals surface area contributed by atoms with Crippen LogP contribution >= 0.6 is 0 Å². The lowest BCUT2D eigenvalue weighted by Crippen LogP contribution is -2.54. The zero-order chi connectivity index (χ0) is 14.7. The summed E-state index contributed by atoms with van der Waals surface area (Å²) in [7, 11) is 0. The van der Waals surface area contributed by atoms with Crippen molar-refractivity contribution in [1.82, 2.24) is 5.32 Å². The minimum Gasteiger partial charge on any atom is -0.480 e. The van der Waals surface area contributed by atoms with Crippen LogP contribution in [-0.2, 0) is 9.53 Å². The molecule has 0 rings (SSSR count). The van der Waals surface area contributed by atoms with Crippen LogP contribution in [0, 0.1) is 5.41 Å². The number of halogens is 2.